The molecule has 0 aliphatic heterocycles. The fourth-order valence-electron chi connectivity index (χ4n) is 3.16. The lowest BCUT2D eigenvalue weighted by Gasteiger charge is -2.07. The third kappa shape index (κ3) is 4.86. The van der Waals surface area contributed by atoms with Gasteiger partial charge in [0.2, 0.25) is 5.91 Å². The molecule has 1 amide bonds. The van der Waals surface area contributed by atoms with Gasteiger partial charge in [-0.05, 0) is 49.7 Å². The summed E-state index contributed by atoms with van der Waals surface area (Å²) >= 11 is 1.41. The second-order valence-electron chi connectivity index (χ2n) is 6.78. The number of Topliss-reactive ketones (excluding diaryl/α,β-unsaturated/α-hetero) is 1. The average molecular weight is 425 g/mol. The average Bonchev–Trinajstić information content (AvgIpc) is 3.11. The highest BCUT2D eigenvalue weighted by Gasteiger charge is 2.16. The number of aryl methyl sites for hydroxylation is 2. The van der Waals surface area contributed by atoms with Crippen molar-refractivity contribution in [3.8, 4) is 22.8 Å². The van der Waals surface area contributed by atoms with Crippen LogP contribution in [0.15, 0.2) is 42.5 Å². The van der Waals surface area contributed by atoms with Crippen molar-refractivity contribution in [2.75, 3.05) is 19.5 Å². The number of thiazole rings is 1. The third-order valence-electron chi connectivity index (χ3n) is 4.70. The number of ether oxygens (including phenoxy) is 2. The Balaban J connectivity index is 1.64. The molecule has 0 spiro atoms. The van der Waals surface area contributed by atoms with Gasteiger partial charge < -0.3 is 14.8 Å². The van der Waals surface area contributed by atoms with Crippen LogP contribution >= 0.6 is 11.3 Å². The Hall–Kier alpha value is -3.19. The molecule has 3 aromatic rings. The first-order chi connectivity index (χ1) is 14.4. The van der Waals surface area contributed by atoms with Gasteiger partial charge in [0.1, 0.15) is 11.5 Å². The van der Waals surface area contributed by atoms with E-state index in [1.807, 2.05) is 32.0 Å². The fourth-order valence-corrected chi connectivity index (χ4v) is 4.01. The van der Waals surface area contributed by atoms with Crippen molar-refractivity contribution >= 4 is 28.2 Å². The molecule has 30 heavy (non-hydrogen) atoms. The molecule has 1 N–H and O–H groups in total. The Morgan fingerprint density at radius 3 is 2.43 bits per heavy atom. The van der Waals surface area contributed by atoms with Gasteiger partial charge in [-0.3, -0.25) is 9.59 Å². The molecule has 2 aromatic carbocycles. The maximum Gasteiger partial charge on any atom is 0.226 e. The van der Waals surface area contributed by atoms with E-state index in [0.29, 0.717) is 16.4 Å². The van der Waals surface area contributed by atoms with Crippen molar-refractivity contribution in [3.05, 3.63) is 58.5 Å². The van der Waals surface area contributed by atoms with Crippen LogP contribution in [0.2, 0.25) is 0 Å². The quantitative estimate of drug-likeness (QED) is 0.512. The van der Waals surface area contributed by atoms with Gasteiger partial charge in [0.25, 0.3) is 0 Å². The number of ketones is 1. The molecule has 1 heterocycles. The monoisotopic (exact) mass is 424 g/mol. The summed E-state index contributed by atoms with van der Waals surface area (Å²) in [5, 5.41) is 3.32. The second kappa shape index (κ2) is 9.54. The van der Waals surface area contributed by atoms with E-state index < -0.39 is 0 Å². The molecule has 1 aromatic heterocycles. The summed E-state index contributed by atoms with van der Waals surface area (Å²) in [6.45, 7) is 3.94. The number of nitrogens with zero attached hydrogens (tertiary/aromatic N) is 1. The SMILES string of the molecule is COc1ccc(-c2nc(NC(=O)CCC(=O)c3ccccc3OC)sc2C)cc1C. The maximum atomic E-state index is 12.4. The summed E-state index contributed by atoms with van der Waals surface area (Å²) in [4.78, 5) is 30.3. The van der Waals surface area contributed by atoms with Gasteiger partial charge in [-0.25, -0.2) is 4.98 Å². The molecule has 0 aliphatic carbocycles. The molecule has 0 radical (unpaired) electrons. The van der Waals surface area contributed by atoms with E-state index in [1.165, 1.54) is 18.4 Å². The van der Waals surface area contributed by atoms with E-state index in [9.17, 15) is 9.59 Å². The Morgan fingerprint density at radius 1 is 1.00 bits per heavy atom. The summed E-state index contributed by atoms with van der Waals surface area (Å²) in [6, 6.07) is 12.9. The summed E-state index contributed by atoms with van der Waals surface area (Å²) in [7, 11) is 3.16. The standard InChI is InChI=1S/C23H24N2O4S/c1-14-13-16(9-11-19(14)28-3)22-15(2)30-23(25-22)24-21(27)12-10-18(26)17-7-5-6-8-20(17)29-4/h5-9,11,13H,10,12H2,1-4H3,(H,24,25,27). The first-order valence-corrected chi connectivity index (χ1v) is 10.3. The number of benzene rings is 2. The molecule has 0 saturated carbocycles. The van der Waals surface area contributed by atoms with Crippen molar-refractivity contribution in [3.63, 3.8) is 0 Å². The number of methoxy groups -OCH3 is 2. The van der Waals surface area contributed by atoms with Crippen molar-refractivity contribution in [1.82, 2.24) is 4.98 Å². The van der Waals surface area contributed by atoms with Crippen LogP contribution in [-0.4, -0.2) is 30.9 Å². The number of carbonyl (C=O) groups excluding carboxylic acids is 2. The Kier molecular flexibility index (Phi) is 6.84. The zero-order valence-electron chi connectivity index (χ0n) is 17.4. The van der Waals surface area contributed by atoms with Gasteiger partial charge in [-0.15, -0.1) is 11.3 Å². The molecule has 0 fully saturated rings. The number of carbonyl (C=O) groups is 2. The van der Waals surface area contributed by atoms with Crippen molar-refractivity contribution < 1.29 is 19.1 Å². The minimum Gasteiger partial charge on any atom is -0.496 e. The molecule has 0 bridgehead atoms. The van der Waals surface area contributed by atoms with Crippen molar-refractivity contribution in [2.24, 2.45) is 0 Å². The summed E-state index contributed by atoms with van der Waals surface area (Å²) in [5.41, 5.74) is 3.29. The number of hydrogen-bond donors (Lipinski definition) is 1. The number of para-hydroxylation sites is 1. The van der Waals surface area contributed by atoms with Gasteiger partial charge in [-0.1, -0.05) is 12.1 Å². The van der Waals surface area contributed by atoms with Crippen LogP contribution in [-0.2, 0) is 4.79 Å². The Labute approximate surface area is 179 Å². The number of rotatable bonds is 8. The second-order valence-corrected chi connectivity index (χ2v) is 7.98. The lowest BCUT2D eigenvalue weighted by atomic mass is 10.1. The largest absolute Gasteiger partial charge is 0.496 e. The molecular weight excluding hydrogens is 400 g/mol. The van der Waals surface area contributed by atoms with Gasteiger partial charge in [0, 0.05) is 23.3 Å². The van der Waals surface area contributed by atoms with Gasteiger partial charge in [0.15, 0.2) is 10.9 Å². The van der Waals surface area contributed by atoms with Crippen LogP contribution in [0.4, 0.5) is 5.13 Å². The molecule has 0 aliphatic rings. The van der Waals surface area contributed by atoms with E-state index in [2.05, 4.69) is 10.3 Å². The smallest absolute Gasteiger partial charge is 0.226 e. The molecule has 156 valence electrons. The Morgan fingerprint density at radius 2 is 1.73 bits per heavy atom. The normalized spacial score (nSPS) is 10.5. The zero-order chi connectivity index (χ0) is 21.7. The first-order valence-electron chi connectivity index (χ1n) is 9.51. The minimum absolute atomic E-state index is 0.0759. The van der Waals surface area contributed by atoms with Crippen LogP contribution in [0.5, 0.6) is 11.5 Å². The number of aromatic nitrogens is 1. The van der Waals surface area contributed by atoms with E-state index >= 15 is 0 Å². The highest BCUT2D eigenvalue weighted by Crippen LogP contribution is 2.32. The lowest BCUT2D eigenvalue weighted by molar-refractivity contribution is -0.116. The van der Waals surface area contributed by atoms with E-state index in [-0.39, 0.29) is 24.5 Å². The predicted octanol–water partition coefficient (Wildman–Crippen LogP) is 5.05. The van der Waals surface area contributed by atoms with Gasteiger partial charge in [-0.2, -0.15) is 0 Å². The molecule has 0 atom stereocenters. The predicted molar refractivity (Wildman–Crippen MR) is 119 cm³/mol. The summed E-state index contributed by atoms with van der Waals surface area (Å²) in [6.07, 6.45) is 0.174. The van der Waals surface area contributed by atoms with Crippen LogP contribution in [0.25, 0.3) is 11.3 Å². The zero-order valence-corrected chi connectivity index (χ0v) is 18.3. The minimum atomic E-state index is -0.246. The molecule has 0 saturated heterocycles. The lowest BCUT2D eigenvalue weighted by Crippen LogP contribution is -2.13. The van der Waals surface area contributed by atoms with E-state index in [0.717, 1.165) is 27.4 Å². The van der Waals surface area contributed by atoms with Crippen LogP contribution in [0.1, 0.15) is 33.6 Å². The maximum absolute atomic E-state index is 12.4. The summed E-state index contributed by atoms with van der Waals surface area (Å²) in [5.74, 6) is 0.953. The topological polar surface area (TPSA) is 77.5 Å². The molecule has 6 nitrogen and oxygen atoms in total. The molecule has 3 rings (SSSR count). The number of amides is 1. The first kappa shape index (κ1) is 21.5. The molecule has 7 heteroatoms. The highest BCUT2D eigenvalue weighted by molar-refractivity contribution is 7.16. The van der Waals surface area contributed by atoms with Crippen LogP contribution < -0.4 is 14.8 Å². The number of nitrogens with one attached hydrogen (secondary N) is 1. The number of hydrogen-bond acceptors (Lipinski definition) is 6. The van der Waals surface area contributed by atoms with Crippen LogP contribution in [0.3, 0.4) is 0 Å². The van der Waals surface area contributed by atoms with Crippen molar-refractivity contribution in [1.29, 1.82) is 0 Å². The van der Waals surface area contributed by atoms with Gasteiger partial charge >= 0.3 is 0 Å². The number of anilines is 1. The highest BCUT2D eigenvalue weighted by atomic mass is 32.1. The Bertz CT molecular complexity index is 1070. The van der Waals surface area contributed by atoms with Crippen LogP contribution in [0, 0.1) is 13.8 Å². The van der Waals surface area contributed by atoms with E-state index in [4.69, 9.17) is 9.47 Å². The fraction of sp³-hybridized carbons (Fsp3) is 0.261. The molecule has 0 unspecified atom stereocenters. The van der Waals surface area contributed by atoms with Gasteiger partial charge in [0.05, 0.1) is 25.5 Å². The molecular formula is C23H24N2O4S. The third-order valence-corrected chi connectivity index (χ3v) is 5.58. The summed E-state index contributed by atoms with van der Waals surface area (Å²) < 4.78 is 10.5. The van der Waals surface area contributed by atoms with E-state index in [1.54, 1.807) is 31.4 Å². The van der Waals surface area contributed by atoms with Crippen molar-refractivity contribution in [2.45, 2.75) is 26.7 Å².